The van der Waals surface area contributed by atoms with Crippen molar-refractivity contribution in [2.45, 2.75) is 0 Å². The molecule has 7 aromatic rings. The predicted molar refractivity (Wildman–Crippen MR) is 153 cm³/mol. The van der Waals surface area contributed by atoms with Crippen molar-refractivity contribution in [2.75, 3.05) is 0 Å². The minimum atomic E-state index is -0.638. The number of fused-ring (bicyclic) bond motifs is 5. The highest BCUT2D eigenvalue weighted by atomic mass is 32.1. The van der Waals surface area contributed by atoms with Crippen LogP contribution in [0.5, 0.6) is 11.5 Å². The van der Waals surface area contributed by atoms with Gasteiger partial charge in [0, 0.05) is 36.7 Å². The van der Waals surface area contributed by atoms with E-state index in [-0.39, 0.29) is 50.1 Å². The summed E-state index contributed by atoms with van der Waals surface area (Å²) < 4.78 is 122. The first-order valence-electron chi connectivity index (χ1n) is 17.6. The summed E-state index contributed by atoms with van der Waals surface area (Å²) in [7, 11) is 0. The lowest BCUT2D eigenvalue weighted by Crippen LogP contribution is -1.98. The fraction of sp³-hybridized carbons (Fsp3) is 0. The SMILES string of the molecule is [2H]c1c([2H])c([2H])c2c(c1[2H])Oc1c([2H])c([2H])c(-c3c([2H])c([2H])c([2H])c([2H])c3-c3cccc4c3sc3ccccc34)c3c([2H])c([2H])c([2H])c-2c13. The molecular formula is C34H20OS. The van der Waals surface area contributed by atoms with Crippen molar-refractivity contribution in [3.8, 4) is 44.9 Å². The van der Waals surface area contributed by atoms with Gasteiger partial charge in [-0.25, -0.2) is 0 Å². The van der Waals surface area contributed by atoms with E-state index in [1.807, 2.05) is 30.3 Å². The highest BCUT2D eigenvalue weighted by Gasteiger charge is 2.22. The summed E-state index contributed by atoms with van der Waals surface area (Å²) >= 11 is 1.43. The molecule has 1 aliphatic rings. The van der Waals surface area contributed by atoms with E-state index in [2.05, 4.69) is 0 Å². The second-order valence-corrected chi connectivity index (χ2v) is 9.34. The van der Waals surface area contributed by atoms with E-state index in [0.29, 0.717) is 10.3 Å². The van der Waals surface area contributed by atoms with Crippen LogP contribution in [0.2, 0.25) is 0 Å². The van der Waals surface area contributed by atoms with Crippen molar-refractivity contribution in [1.29, 1.82) is 0 Å². The van der Waals surface area contributed by atoms with Gasteiger partial charge in [-0.15, -0.1) is 11.3 Å². The number of hydrogen-bond acceptors (Lipinski definition) is 2. The zero-order valence-electron chi connectivity index (χ0n) is 31.4. The fourth-order valence-corrected chi connectivity index (χ4v) is 6.04. The Balaban J connectivity index is 1.61. The summed E-state index contributed by atoms with van der Waals surface area (Å²) in [5.41, 5.74) is -0.414. The van der Waals surface area contributed by atoms with Crippen molar-refractivity contribution in [3.05, 3.63) is 121 Å². The molecule has 168 valence electrons. The van der Waals surface area contributed by atoms with E-state index >= 15 is 0 Å². The standard InChI is InChI=1S/C34H20OS/c1-2-10-22(28-15-8-16-29-25-12-4-6-18-32(25)36-34(28)29)21(9-1)23-19-20-31-33-26(23)13-7-14-27(33)24-11-3-5-17-30(24)35-31/h1-20H/i1D,2D,3D,5D,7D,9D,10D,11D,13D,14D,17D,19D,20D. The Hall–Kier alpha value is -4.40. The summed E-state index contributed by atoms with van der Waals surface area (Å²) in [5.74, 6) is -0.739. The van der Waals surface area contributed by atoms with Crippen molar-refractivity contribution >= 4 is 42.3 Å². The Kier molecular flexibility index (Phi) is 2.33. The second-order valence-electron chi connectivity index (χ2n) is 8.29. The molecule has 2 heteroatoms. The quantitative estimate of drug-likeness (QED) is 0.235. The number of benzene rings is 6. The van der Waals surface area contributed by atoms with Crippen LogP contribution >= 0.6 is 11.3 Å². The van der Waals surface area contributed by atoms with Gasteiger partial charge in [-0.05, 0) is 45.8 Å². The van der Waals surface area contributed by atoms with E-state index in [1.54, 1.807) is 12.1 Å². The van der Waals surface area contributed by atoms with Gasteiger partial charge < -0.3 is 4.74 Å². The first kappa shape index (κ1) is 11.1. The van der Waals surface area contributed by atoms with Gasteiger partial charge in [-0.3, -0.25) is 0 Å². The van der Waals surface area contributed by atoms with Crippen molar-refractivity contribution in [2.24, 2.45) is 0 Å². The Morgan fingerprint density at radius 2 is 1.25 bits per heavy atom. The Morgan fingerprint density at radius 1 is 0.500 bits per heavy atom. The van der Waals surface area contributed by atoms with E-state index in [9.17, 15) is 2.74 Å². The van der Waals surface area contributed by atoms with Gasteiger partial charge in [0.25, 0.3) is 0 Å². The minimum absolute atomic E-state index is 0.0211. The molecule has 0 unspecified atom stereocenters. The van der Waals surface area contributed by atoms with Gasteiger partial charge in [0.2, 0.25) is 0 Å². The Bertz CT molecular complexity index is 2680. The monoisotopic (exact) mass is 489 g/mol. The molecule has 0 saturated heterocycles. The summed E-state index contributed by atoms with van der Waals surface area (Å²) in [4.78, 5) is 0. The third-order valence-corrected chi connectivity index (χ3v) is 7.59. The third-order valence-electron chi connectivity index (χ3n) is 6.37. The van der Waals surface area contributed by atoms with Crippen LogP contribution in [-0.2, 0) is 0 Å². The fourth-order valence-electron chi connectivity index (χ4n) is 4.82. The predicted octanol–water partition coefficient (Wildman–Crippen LogP) is 10.3. The van der Waals surface area contributed by atoms with Crippen molar-refractivity contribution in [3.63, 3.8) is 0 Å². The van der Waals surface area contributed by atoms with E-state index < -0.39 is 78.6 Å². The van der Waals surface area contributed by atoms with E-state index in [1.165, 1.54) is 11.3 Å². The maximum atomic E-state index is 9.27. The lowest BCUT2D eigenvalue weighted by Gasteiger charge is -2.23. The number of rotatable bonds is 2. The molecule has 0 amide bonds. The lowest BCUT2D eigenvalue weighted by molar-refractivity contribution is 0.487. The van der Waals surface area contributed by atoms with Gasteiger partial charge in [0.1, 0.15) is 11.5 Å². The summed E-state index contributed by atoms with van der Waals surface area (Å²) in [6, 6.07) is 5.65. The highest BCUT2D eigenvalue weighted by molar-refractivity contribution is 7.26. The smallest absolute Gasteiger partial charge is 0.135 e. The molecule has 0 radical (unpaired) electrons. The van der Waals surface area contributed by atoms with Crippen LogP contribution in [0, 0.1) is 0 Å². The summed E-state index contributed by atoms with van der Waals surface area (Å²) in [5, 5.41) is 1.45. The normalized spacial score (nSPS) is 17.2. The van der Waals surface area contributed by atoms with E-state index in [4.69, 9.17) is 19.8 Å². The molecule has 2 heterocycles. The maximum absolute atomic E-state index is 9.27. The molecule has 0 saturated carbocycles. The van der Waals surface area contributed by atoms with Crippen LogP contribution in [0.25, 0.3) is 64.3 Å². The van der Waals surface area contributed by atoms with Crippen molar-refractivity contribution in [1.82, 2.24) is 0 Å². The average molecular weight is 490 g/mol. The van der Waals surface area contributed by atoms with Crippen LogP contribution in [0.3, 0.4) is 0 Å². The van der Waals surface area contributed by atoms with Crippen LogP contribution in [-0.4, -0.2) is 0 Å². The summed E-state index contributed by atoms with van der Waals surface area (Å²) in [6.45, 7) is 0. The Morgan fingerprint density at radius 3 is 2.17 bits per heavy atom. The molecule has 1 aliphatic heterocycles. The van der Waals surface area contributed by atoms with Crippen LogP contribution in [0.1, 0.15) is 17.8 Å². The van der Waals surface area contributed by atoms with Gasteiger partial charge >= 0.3 is 0 Å². The Labute approximate surface area is 231 Å². The first-order valence-corrected chi connectivity index (χ1v) is 12.0. The third kappa shape index (κ3) is 2.76. The minimum Gasteiger partial charge on any atom is -0.456 e. The molecule has 0 spiro atoms. The molecular weight excluding hydrogens is 456 g/mol. The topological polar surface area (TPSA) is 9.23 Å². The summed E-state index contributed by atoms with van der Waals surface area (Å²) in [6.07, 6.45) is 0. The zero-order valence-corrected chi connectivity index (χ0v) is 19.2. The number of thiophene rings is 1. The molecule has 1 nitrogen and oxygen atoms in total. The van der Waals surface area contributed by atoms with Gasteiger partial charge in [0.05, 0.1) is 17.8 Å². The maximum Gasteiger partial charge on any atom is 0.135 e. The molecule has 8 rings (SSSR count). The molecule has 1 aromatic heterocycles. The van der Waals surface area contributed by atoms with E-state index in [0.717, 1.165) is 15.5 Å². The van der Waals surface area contributed by atoms with Crippen LogP contribution < -0.4 is 4.74 Å². The number of ether oxygens (including phenoxy) is 1. The molecule has 0 atom stereocenters. The van der Waals surface area contributed by atoms with Gasteiger partial charge in [0.15, 0.2) is 0 Å². The average Bonchev–Trinajstić information content (AvgIpc) is 3.49. The largest absolute Gasteiger partial charge is 0.456 e. The van der Waals surface area contributed by atoms with Gasteiger partial charge in [-0.1, -0.05) is 103 Å². The van der Waals surface area contributed by atoms with Crippen LogP contribution in [0.15, 0.2) is 121 Å². The van der Waals surface area contributed by atoms with Crippen LogP contribution in [0.4, 0.5) is 0 Å². The molecule has 0 aliphatic carbocycles. The van der Waals surface area contributed by atoms with Crippen molar-refractivity contribution < 1.29 is 22.6 Å². The molecule has 0 N–H and O–H groups in total. The second kappa shape index (κ2) is 7.55. The lowest BCUT2D eigenvalue weighted by atomic mass is 9.87. The molecule has 0 bridgehead atoms. The zero-order chi connectivity index (χ0) is 35.0. The molecule has 6 aromatic carbocycles. The highest BCUT2D eigenvalue weighted by Crippen LogP contribution is 2.50. The molecule has 36 heavy (non-hydrogen) atoms. The first-order chi connectivity index (χ1) is 23.3. The number of para-hydroxylation sites is 1. The van der Waals surface area contributed by atoms with Gasteiger partial charge in [-0.2, -0.15) is 0 Å². The number of hydrogen-bond donors (Lipinski definition) is 0. The molecule has 0 fully saturated rings.